The van der Waals surface area contributed by atoms with E-state index in [0.29, 0.717) is 30.2 Å². The van der Waals surface area contributed by atoms with E-state index < -0.39 is 0 Å². The molecule has 6 nitrogen and oxygen atoms in total. The standard InChI is InChI=1S/C21H25N3O3/c1-3-27-20-10-9-16(15(2)25)13-18(20)23-21(26)24-12-5-4-8-19(24)17-7-6-11-22-14-17/h6-7,9-11,13-14,19H,3-5,8,12H2,1-2H3,(H,23,26). The number of aromatic nitrogens is 1. The Hall–Kier alpha value is -2.89. The number of anilines is 1. The molecule has 6 heteroatoms. The number of carbonyl (C=O) groups is 2. The summed E-state index contributed by atoms with van der Waals surface area (Å²) in [5.41, 5.74) is 2.09. The topological polar surface area (TPSA) is 71.5 Å². The first-order valence-electron chi connectivity index (χ1n) is 9.35. The van der Waals surface area contributed by atoms with E-state index in [4.69, 9.17) is 4.74 Å². The maximum Gasteiger partial charge on any atom is 0.322 e. The summed E-state index contributed by atoms with van der Waals surface area (Å²) >= 11 is 0. The van der Waals surface area contributed by atoms with Crippen LogP contribution in [0.3, 0.4) is 0 Å². The molecule has 1 aliphatic heterocycles. The minimum atomic E-state index is -0.190. The monoisotopic (exact) mass is 367 g/mol. The van der Waals surface area contributed by atoms with Crippen molar-refractivity contribution in [2.24, 2.45) is 0 Å². The number of pyridine rings is 1. The molecule has 27 heavy (non-hydrogen) atoms. The van der Waals surface area contributed by atoms with Crippen LogP contribution in [-0.4, -0.2) is 34.8 Å². The summed E-state index contributed by atoms with van der Waals surface area (Å²) in [6, 6.07) is 8.82. The number of amides is 2. The lowest BCUT2D eigenvalue weighted by Crippen LogP contribution is -2.41. The van der Waals surface area contributed by atoms with Crippen LogP contribution in [-0.2, 0) is 0 Å². The van der Waals surface area contributed by atoms with Crippen LogP contribution in [0, 0.1) is 0 Å². The average Bonchev–Trinajstić information content (AvgIpc) is 2.70. The van der Waals surface area contributed by atoms with E-state index in [0.717, 1.165) is 24.8 Å². The van der Waals surface area contributed by atoms with Gasteiger partial charge in [-0.2, -0.15) is 0 Å². The summed E-state index contributed by atoms with van der Waals surface area (Å²) in [7, 11) is 0. The second kappa shape index (κ2) is 8.66. The lowest BCUT2D eigenvalue weighted by molar-refractivity contribution is 0.101. The SMILES string of the molecule is CCOc1ccc(C(C)=O)cc1NC(=O)N1CCCCC1c1cccnc1. The number of urea groups is 1. The Labute approximate surface area is 159 Å². The zero-order valence-electron chi connectivity index (χ0n) is 15.8. The second-order valence-electron chi connectivity index (χ2n) is 6.62. The molecule has 1 saturated heterocycles. The average molecular weight is 367 g/mol. The van der Waals surface area contributed by atoms with E-state index in [1.54, 1.807) is 24.4 Å². The van der Waals surface area contributed by atoms with Crippen LogP contribution in [0.5, 0.6) is 5.75 Å². The molecule has 0 aliphatic carbocycles. The smallest absolute Gasteiger partial charge is 0.322 e. The van der Waals surface area contributed by atoms with Gasteiger partial charge < -0.3 is 15.0 Å². The van der Waals surface area contributed by atoms with Crippen molar-refractivity contribution >= 4 is 17.5 Å². The van der Waals surface area contributed by atoms with Gasteiger partial charge in [0.15, 0.2) is 5.78 Å². The Kier molecular flexibility index (Phi) is 6.06. The zero-order chi connectivity index (χ0) is 19.2. The highest BCUT2D eigenvalue weighted by atomic mass is 16.5. The van der Waals surface area contributed by atoms with Crippen molar-refractivity contribution in [3.63, 3.8) is 0 Å². The third kappa shape index (κ3) is 4.45. The van der Waals surface area contributed by atoms with Crippen LogP contribution in [0.2, 0.25) is 0 Å². The van der Waals surface area contributed by atoms with E-state index >= 15 is 0 Å². The van der Waals surface area contributed by atoms with Gasteiger partial charge in [-0.15, -0.1) is 0 Å². The van der Waals surface area contributed by atoms with Gasteiger partial charge in [0.05, 0.1) is 18.3 Å². The molecule has 2 aromatic rings. The van der Waals surface area contributed by atoms with Crippen molar-refractivity contribution in [3.05, 3.63) is 53.9 Å². The fourth-order valence-electron chi connectivity index (χ4n) is 3.41. The lowest BCUT2D eigenvalue weighted by Gasteiger charge is -2.36. The predicted molar refractivity (Wildman–Crippen MR) is 104 cm³/mol. The maximum atomic E-state index is 13.0. The molecule has 0 saturated carbocycles. The van der Waals surface area contributed by atoms with Crippen LogP contribution in [0.1, 0.15) is 55.1 Å². The number of hydrogen-bond donors (Lipinski definition) is 1. The first kappa shape index (κ1) is 18.9. The van der Waals surface area contributed by atoms with Gasteiger partial charge in [0.25, 0.3) is 0 Å². The molecule has 0 radical (unpaired) electrons. The van der Waals surface area contributed by atoms with E-state index in [2.05, 4.69) is 10.3 Å². The molecule has 1 N–H and O–H groups in total. The van der Waals surface area contributed by atoms with Crippen molar-refractivity contribution < 1.29 is 14.3 Å². The fourth-order valence-corrected chi connectivity index (χ4v) is 3.41. The predicted octanol–water partition coefficient (Wildman–Crippen LogP) is 4.44. The molecule has 2 heterocycles. The number of nitrogens with one attached hydrogen (secondary N) is 1. The lowest BCUT2D eigenvalue weighted by atomic mass is 9.97. The molecular formula is C21H25N3O3. The summed E-state index contributed by atoms with van der Waals surface area (Å²) < 4.78 is 5.62. The Morgan fingerprint density at radius 2 is 2.15 bits per heavy atom. The molecule has 3 rings (SSSR count). The van der Waals surface area contributed by atoms with Gasteiger partial charge in [0.1, 0.15) is 5.75 Å². The van der Waals surface area contributed by atoms with Gasteiger partial charge in [0, 0.05) is 24.5 Å². The number of carbonyl (C=O) groups excluding carboxylic acids is 2. The number of hydrogen-bond acceptors (Lipinski definition) is 4. The summed E-state index contributed by atoms with van der Waals surface area (Å²) in [4.78, 5) is 30.8. The van der Waals surface area contributed by atoms with E-state index in [1.165, 1.54) is 6.92 Å². The molecule has 1 fully saturated rings. The van der Waals surface area contributed by atoms with Gasteiger partial charge in [-0.25, -0.2) is 4.79 Å². The molecule has 1 aromatic carbocycles. The first-order valence-corrected chi connectivity index (χ1v) is 9.35. The summed E-state index contributed by atoms with van der Waals surface area (Å²) in [5.74, 6) is 0.505. The fraction of sp³-hybridized carbons (Fsp3) is 0.381. The summed E-state index contributed by atoms with van der Waals surface area (Å²) in [5, 5.41) is 2.95. The van der Waals surface area contributed by atoms with Crippen molar-refractivity contribution in [1.82, 2.24) is 9.88 Å². The second-order valence-corrected chi connectivity index (χ2v) is 6.62. The summed E-state index contributed by atoms with van der Waals surface area (Å²) in [6.45, 7) is 4.55. The number of benzene rings is 1. The highest BCUT2D eigenvalue weighted by molar-refractivity contribution is 5.98. The highest BCUT2D eigenvalue weighted by Crippen LogP contribution is 2.32. The van der Waals surface area contributed by atoms with Crippen LogP contribution >= 0.6 is 0 Å². The van der Waals surface area contributed by atoms with Gasteiger partial charge in [-0.1, -0.05) is 6.07 Å². The third-order valence-electron chi connectivity index (χ3n) is 4.76. The number of likely N-dealkylation sites (tertiary alicyclic amines) is 1. The van der Waals surface area contributed by atoms with Crippen LogP contribution in [0.15, 0.2) is 42.7 Å². The Balaban J connectivity index is 1.84. The number of ether oxygens (including phenoxy) is 1. The molecule has 0 spiro atoms. The third-order valence-corrected chi connectivity index (χ3v) is 4.76. The molecule has 1 atom stereocenters. The Bertz CT molecular complexity index is 808. The van der Waals surface area contributed by atoms with Crippen molar-refractivity contribution in [1.29, 1.82) is 0 Å². The van der Waals surface area contributed by atoms with Gasteiger partial charge >= 0.3 is 6.03 Å². The zero-order valence-corrected chi connectivity index (χ0v) is 15.8. The Morgan fingerprint density at radius 3 is 2.85 bits per heavy atom. The van der Waals surface area contributed by atoms with Gasteiger partial charge in [-0.05, 0) is 62.9 Å². The number of ketones is 1. The maximum absolute atomic E-state index is 13.0. The molecule has 0 bridgehead atoms. The molecular weight excluding hydrogens is 342 g/mol. The molecule has 1 aromatic heterocycles. The van der Waals surface area contributed by atoms with Crippen molar-refractivity contribution in [2.45, 2.75) is 39.2 Å². The van der Waals surface area contributed by atoms with E-state index in [1.807, 2.05) is 30.2 Å². The van der Waals surface area contributed by atoms with Crippen LogP contribution in [0.25, 0.3) is 0 Å². The number of Topliss-reactive ketones (excluding diaryl/α,β-unsaturated/α-hetero) is 1. The quantitative estimate of drug-likeness (QED) is 0.793. The number of rotatable bonds is 5. The van der Waals surface area contributed by atoms with Gasteiger partial charge in [0.2, 0.25) is 0 Å². The van der Waals surface area contributed by atoms with Crippen LogP contribution < -0.4 is 10.1 Å². The number of nitrogens with zero attached hydrogens (tertiary/aromatic N) is 2. The minimum Gasteiger partial charge on any atom is -0.492 e. The molecule has 2 amide bonds. The van der Waals surface area contributed by atoms with E-state index in [-0.39, 0.29) is 17.9 Å². The van der Waals surface area contributed by atoms with E-state index in [9.17, 15) is 9.59 Å². The normalized spacial score (nSPS) is 16.7. The largest absolute Gasteiger partial charge is 0.492 e. The molecule has 1 unspecified atom stereocenters. The summed E-state index contributed by atoms with van der Waals surface area (Å²) in [6.07, 6.45) is 6.50. The van der Waals surface area contributed by atoms with Gasteiger partial charge in [-0.3, -0.25) is 9.78 Å². The molecule has 1 aliphatic rings. The number of piperidine rings is 1. The first-order chi connectivity index (χ1) is 13.1. The van der Waals surface area contributed by atoms with Crippen molar-refractivity contribution in [2.75, 3.05) is 18.5 Å². The highest BCUT2D eigenvalue weighted by Gasteiger charge is 2.28. The van der Waals surface area contributed by atoms with Crippen molar-refractivity contribution in [3.8, 4) is 5.75 Å². The Morgan fingerprint density at radius 1 is 1.30 bits per heavy atom. The molecule has 142 valence electrons. The minimum absolute atomic E-state index is 0.000941. The van der Waals surface area contributed by atoms with Crippen LogP contribution in [0.4, 0.5) is 10.5 Å².